The molecule has 0 saturated carbocycles. The van der Waals surface area contributed by atoms with Crippen molar-refractivity contribution in [2.75, 3.05) is 18.5 Å². The number of aromatic nitrogens is 1. The molecule has 0 fully saturated rings. The van der Waals surface area contributed by atoms with Crippen LogP contribution in [0.3, 0.4) is 0 Å². The smallest absolute Gasteiger partial charge is 0.119 e. The predicted molar refractivity (Wildman–Crippen MR) is 154 cm³/mol. The largest absolute Gasteiger partial charge is 0.494 e. The van der Waals surface area contributed by atoms with E-state index in [1.165, 1.54) is 33.2 Å². The number of aryl methyl sites for hydroxylation is 2. The van der Waals surface area contributed by atoms with Crippen molar-refractivity contribution < 1.29 is 9.84 Å². The molecule has 4 nitrogen and oxygen atoms in total. The van der Waals surface area contributed by atoms with Crippen LogP contribution in [0.1, 0.15) is 18.1 Å². The molecular weight excluding hydrogens is 456 g/mol. The zero-order valence-electron chi connectivity index (χ0n) is 21.7. The number of fused-ring (bicyclic) bond motifs is 1. The van der Waals surface area contributed by atoms with Crippen molar-refractivity contribution in [1.29, 1.82) is 0 Å². The van der Waals surface area contributed by atoms with Gasteiger partial charge in [-0.05, 0) is 67.8 Å². The van der Waals surface area contributed by atoms with E-state index in [1.807, 2.05) is 37.3 Å². The SMILES string of the molecule is CCOc1ccc(NCC(O)Cn2c(-c3ccccc3)c(-c3ccccc3)c3cc(C)cc(C)c32)cc1. The van der Waals surface area contributed by atoms with Gasteiger partial charge in [-0.15, -0.1) is 0 Å². The molecule has 188 valence electrons. The van der Waals surface area contributed by atoms with E-state index in [9.17, 15) is 5.11 Å². The van der Waals surface area contributed by atoms with E-state index < -0.39 is 6.10 Å². The summed E-state index contributed by atoms with van der Waals surface area (Å²) in [5, 5.41) is 15.9. The van der Waals surface area contributed by atoms with E-state index in [4.69, 9.17) is 4.74 Å². The van der Waals surface area contributed by atoms with Crippen LogP contribution in [0, 0.1) is 13.8 Å². The van der Waals surface area contributed by atoms with Gasteiger partial charge < -0.3 is 19.7 Å². The second-order valence-electron chi connectivity index (χ2n) is 9.54. The lowest BCUT2D eigenvalue weighted by Crippen LogP contribution is -2.25. The first-order chi connectivity index (χ1) is 18.0. The monoisotopic (exact) mass is 490 g/mol. The minimum Gasteiger partial charge on any atom is -0.494 e. The maximum atomic E-state index is 11.3. The van der Waals surface area contributed by atoms with Crippen LogP contribution in [-0.4, -0.2) is 28.9 Å². The normalized spacial score (nSPS) is 12.0. The molecule has 1 unspecified atom stereocenters. The molecule has 5 rings (SSSR count). The average molecular weight is 491 g/mol. The Bertz CT molecular complexity index is 1470. The minimum atomic E-state index is -0.589. The average Bonchev–Trinajstić information content (AvgIpc) is 3.23. The van der Waals surface area contributed by atoms with Crippen LogP contribution in [-0.2, 0) is 6.54 Å². The molecule has 0 aliphatic carbocycles. The van der Waals surface area contributed by atoms with Gasteiger partial charge in [0.25, 0.3) is 0 Å². The molecule has 4 aromatic carbocycles. The highest BCUT2D eigenvalue weighted by molar-refractivity contribution is 6.06. The number of aliphatic hydroxyl groups is 1. The third-order valence-electron chi connectivity index (χ3n) is 6.70. The van der Waals surface area contributed by atoms with Gasteiger partial charge in [0.15, 0.2) is 0 Å². The third-order valence-corrected chi connectivity index (χ3v) is 6.70. The van der Waals surface area contributed by atoms with E-state index in [0.717, 1.165) is 22.7 Å². The topological polar surface area (TPSA) is 46.4 Å². The first-order valence-corrected chi connectivity index (χ1v) is 12.9. The lowest BCUT2D eigenvalue weighted by atomic mass is 9.97. The molecule has 1 atom stereocenters. The van der Waals surface area contributed by atoms with Crippen molar-refractivity contribution in [2.24, 2.45) is 0 Å². The van der Waals surface area contributed by atoms with Crippen LogP contribution >= 0.6 is 0 Å². The number of hydrogen-bond acceptors (Lipinski definition) is 3. The minimum absolute atomic E-state index is 0.438. The highest BCUT2D eigenvalue weighted by Gasteiger charge is 2.23. The standard InChI is InChI=1S/C33H34N2O2/c1-4-37-29-17-15-27(16-18-29)34-21-28(36)22-35-32-24(3)19-23(2)20-30(32)31(25-11-7-5-8-12-25)33(35)26-13-9-6-10-14-26/h5-20,28,34,36H,4,21-22H2,1-3H3. The molecule has 0 spiro atoms. The molecule has 5 aromatic rings. The molecule has 4 heteroatoms. The fourth-order valence-corrected chi connectivity index (χ4v) is 5.21. The molecule has 0 amide bonds. The summed E-state index contributed by atoms with van der Waals surface area (Å²) in [7, 11) is 0. The van der Waals surface area contributed by atoms with Crippen molar-refractivity contribution in [1.82, 2.24) is 4.57 Å². The molecule has 1 heterocycles. The summed E-state index contributed by atoms with van der Waals surface area (Å²) >= 11 is 0. The van der Waals surface area contributed by atoms with E-state index in [1.54, 1.807) is 0 Å². The van der Waals surface area contributed by atoms with Crippen LogP contribution in [0.25, 0.3) is 33.3 Å². The molecular formula is C33H34N2O2. The number of ether oxygens (including phenoxy) is 1. The van der Waals surface area contributed by atoms with Gasteiger partial charge in [-0.2, -0.15) is 0 Å². The number of anilines is 1. The van der Waals surface area contributed by atoms with Crippen molar-refractivity contribution in [3.05, 3.63) is 108 Å². The van der Waals surface area contributed by atoms with Gasteiger partial charge in [0.1, 0.15) is 5.75 Å². The van der Waals surface area contributed by atoms with Crippen molar-refractivity contribution in [2.45, 2.75) is 33.4 Å². The Hall–Kier alpha value is -4.02. The summed E-state index contributed by atoms with van der Waals surface area (Å²) < 4.78 is 7.85. The Kier molecular flexibility index (Phi) is 7.29. The number of nitrogens with one attached hydrogen (secondary N) is 1. The van der Waals surface area contributed by atoms with Crippen LogP contribution in [0.15, 0.2) is 97.1 Å². The van der Waals surface area contributed by atoms with Crippen molar-refractivity contribution in [3.8, 4) is 28.1 Å². The summed E-state index contributed by atoms with van der Waals surface area (Å²) in [6.07, 6.45) is -0.589. The fraction of sp³-hybridized carbons (Fsp3) is 0.212. The third kappa shape index (κ3) is 5.25. The number of nitrogens with zero attached hydrogens (tertiary/aromatic N) is 1. The first-order valence-electron chi connectivity index (χ1n) is 12.9. The summed E-state index contributed by atoms with van der Waals surface area (Å²) in [4.78, 5) is 0. The van der Waals surface area contributed by atoms with Crippen LogP contribution in [0.5, 0.6) is 5.75 Å². The summed E-state index contributed by atoms with van der Waals surface area (Å²) in [6.45, 7) is 7.85. The van der Waals surface area contributed by atoms with E-state index in [2.05, 4.69) is 90.5 Å². The maximum absolute atomic E-state index is 11.3. The summed E-state index contributed by atoms with van der Waals surface area (Å²) in [6, 6.07) is 33.5. The van der Waals surface area contributed by atoms with Crippen LogP contribution < -0.4 is 10.1 Å². The Labute approximate surface area is 219 Å². The van der Waals surface area contributed by atoms with Crippen molar-refractivity contribution in [3.63, 3.8) is 0 Å². The number of aliphatic hydroxyl groups excluding tert-OH is 1. The highest BCUT2D eigenvalue weighted by Crippen LogP contribution is 2.42. The van der Waals surface area contributed by atoms with Crippen molar-refractivity contribution >= 4 is 16.6 Å². The molecule has 0 saturated heterocycles. The Balaban J connectivity index is 1.56. The molecule has 1 aromatic heterocycles. The maximum Gasteiger partial charge on any atom is 0.119 e. The molecule has 37 heavy (non-hydrogen) atoms. The van der Waals surface area contributed by atoms with Gasteiger partial charge in [-0.3, -0.25) is 0 Å². The molecule has 0 bridgehead atoms. The zero-order chi connectivity index (χ0) is 25.8. The lowest BCUT2D eigenvalue weighted by molar-refractivity contribution is 0.169. The van der Waals surface area contributed by atoms with Crippen LogP contribution in [0.2, 0.25) is 0 Å². The molecule has 0 aliphatic heterocycles. The van der Waals surface area contributed by atoms with Gasteiger partial charge in [-0.1, -0.05) is 72.3 Å². The Morgan fingerprint density at radius 1 is 0.838 bits per heavy atom. The summed E-state index contributed by atoms with van der Waals surface area (Å²) in [5.41, 5.74) is 9.23. The Morgan fingerprint density at radius 3 is 2.14 bits per heavy atom. The number of rotatable bonds is 9. The quantitative estimate of drug-likeness (QED) is 0.225. The predicted octanol–water partition coefficient (Wildman–Crippen LogP) is 7.46. The van der Waals surface area contributed by atoms with Crippen LogP contribution in [0.4, 0.5) is 5.69 Å². The fourth-order valence-electron chi connectivity index (χ4n) is 5.21. The first kappa shape index (κ1) is 24.7. The van der Waals surface area contributed by atoms with E-state index >= 15 is 0 Å². The van der Waals surface area contributed by atoms with E-state index in [-0.39, 0.29) is 0 Å². The van der Waals surface area contributed by atoms with Gasteiger partial charge in [0.05, 0.1) is 30.5 Å². The lowest BCUT2D eigenvalue weighted by Gasteiger charge is -2.19. The second-order valence-corrected chi connectivity index (χ2v) is 9.54. The van der Waals surface area contributed by atoms with E-state index in [0.29, 0.717) is 19.7 Å². The van der Waals surface area contributed by atoms with Gasteiger partial charge in [0.2, 0.25) is 0 Å². The number of hydrogen-bond donors (Lipinski definition) is 2. The second kappa shape index (κ2) is 10.9. The molecule has 2 N–H and O–H groups in total. The molecule has 0 aliphatic rings. The van der Waals surface area contributed by atoms with Gasteiger partial charge in [0, 0.05) is 23.2 Å². The van der Waals surface area contributed by atoms with Gasteiger partial charge >= 0.3 is 0 Å². The summed E-state index contributed by atoms with van der Waals surface area (Å²) in [5.74, 6) is 0.846. The number of benzene rings is 4. The zero-order valence-corrected chi connectivity index (χ0v) is 21.7. The Morgan fingerprint density at radius 2 is 1.49 bits per heavy atom. The highest BCUT2D eigenvalue weighted by atomic mass is 16.5. The van der Waals surface area contributed by atoms with Gasteiger partial charge in [-0.25, -0.2) is 0 Å². The molecule has 0 radical (unpaired) electrons.